The number of sulfone groups is 1. The van der Waals surface area contributed by atoms with Gasteiger partial charge in [-0.25, -0.2) is 8.42 Å². The molecule has 1 saturated heterocycles. The van der Waals surface area contributed by atoms with Gasteiger partial charge < -0.3 is 9.64 Å². The Morgan fingerprint density at radius 3 is 2.50 bits per heavy atom. The number of nitrogens with zero attached hydrogens (tertiary/aromatic N) is 1. The maximum absolute atomic E-state index is 12.1. The summed E-state index contributed by atoms with van der Waals surface area (Å²) in [5, 5.41) is 0.802. The largest absolute Gasteiger partial charge is 0.482 e. The summed E-state index contributed by atoms with van der Waals surface area (Å²) >= 11 is 17.6. The van der Waals surface area contributed by atoms with Crippen LogP contribution in [0.15, 0.2) is 12.1 Å². The molecule has 1 aliphatic rings. The summed E-state index contributed by atoms with van der Waals surface area (Å²) in [6, 6.07) is 2.54. The lowest BCUT2D eigenvalue weighted by atomic mass is 10.2. The van der Waals surface area contributed by atoms with Crippen molar-refractivity contribution in [3.05, 3.63) is 27.2 Å². The zero-order valence-electron chi connectivity index (χ0n) is 11.7. The third-order valence-electron chi connectivity index (χ3n) is 3.48. The summed E-state index contributed by atoms with van der Waals surface area (Å²) in [4.78, 5) is 13.5. The number of hydrogen-bond acceptors (Lipinski definition) is 4. The van der Waals surface area contributed by atoms with Crippen LogP contribution >= 0.6 is 34.8 Å². The highest BCUT2D eigenvalue weighted by atomic mass is 35.5. The topological polar surface area (TPSA) is 63.7 Å². The molecule has 0 bridgehead atoms. The number of carbonyl (C=O) groups excluding carboxylic acids is 1. The highest BCUT2D eigenvalue weighted by molar-refractivity contribution is 7.91. The zero-order chi connectivity index (χ0) is 16.5. The van der Waals surface area contributed by atoms with Crippen LogP contribution in [0.1, 0.15) is 6.42 Å². The summed E-state index contributed by atoms with van der Waals surface area (Å²) in [6.07, 6.45) is 0.443. The number of benzene rings is 1. The summed E-state index contributed by atoms with van der Waals surface area (Å²) in [7, 11) is -1.48. The van der Waals surface area contributed by atoms with Crippen LogP contribution in [0.3, 0.4) is 0 Å². The molecule has 1 aromatic rings. The van der Waals surface area contributed by atoms with Crippen LogP contribution in [-0.2, 0) is 14.6 Å². The van der Waals surface area contributed by atoms with Gasteiger partial charge in [-0.2, -0.15) is 0 Å². The number of carbonyl (C=O) groups is 1. The van der Waals surface area contributed by atoms with Gasteiger partial charge in [0.05, 0.1) is 26.6 Å². The normalized spacial score (nSPS) is 19.9. The van der Waals surface area contributed by atoms with Gasteiger partial charge in [0.1, 0.15) is 5.75 Å². The molecule has 1 aromatic carbocycles. The lowest BCUT2D eigenvalue weighted by Crippen LogP contribution is -2.40. The Morgan fingerprint density at radius 1 is 1.27 bits per heavy atom. The van der Waals surface area contributed by atoms with Crippen molar-refractivity contribution in [2.24, 2.45) is 0 Å². The van der Waals surface area contributed by atoms with Crippen LogP contribution in [0.5, 0.6) is 5.75 Å². The molecule has 0 unspecified atom stereocenters. The van der Waals surface area contributed by atoms with Gasteiger partial charge in [0, 0.05) is 19.2 Å². The van der Waals surface area contributed by atoms with Crippen LogP contribution < -0.4 is 4.74 Å². The van der Waals surface area contributed by atoms with Crippen LogP contribution in [0.25, 0.3) is 0 Å². The third kappa shape index (κ3) is 4.19. The quantitative estimate of drug-likeness (QED) is 0.746. The van der Waals surface area contributed by atoms with E-state index in [0.29, 0.717) is 11.4 Å². The molecule has 5 nitrogen and oxygen atoms in total. The minimum Gasteiger partial charge on any atom is -0.482 e. The molecule has 0 aliphatic carbocycles. The van der Waals surface area contributed by atoms with Crippen molar-refractivity contribution in [1.29, 1.82) is 0 Å². The van der Waals surface area contributed by atoms with E-state index in [9.17, 15) is 13.2 Å². The average molecular weight is 387 g/mol. The van der Waals surface area contributed by atoms with E-state index < -0.39 is 9.84 Å². The van der Waals surface area contributed by atoms with Gasteiger partial charge in [0.25, 0.3) is 5.91 Å². The van der Waals surface area contributed by atoms with E-state index in [1.807, 2.05) is 0 Å². The van der Waals surface area contributed by atoms with Gasteiger partial charge in [-0.3, -0.25) is 4.79 Å². The van der Waals surface area contributed by atoms with E-state index in [0.717, 1.165) is 0 Å². The van der Waals surface area contributed by atoms with Crippen LogP contribution in [-0.4, -0.2) is 50.4 Å². The Hall–Kier alpha value is -0.690. The minimum atomic E-state index is -3.05. The molecule has 0 aromatic heterocycles. The second kappa shape index (κ2) is 6.83. The molecule has 0 N–H and O–H groups in total. The number of ether oxygens (including phenoxy) is 1. The van der Waals surface area contributed by atoms with Crippen molar-refractivity contribution in [3.8, 4) is 5.75 Å². The van der Waals surface area contributed by atoms with E-state index in [2.05, 4.69) is 0 Å². The summed E-state index contributed by atoms with van der Waals surface area (Å²) in [5.41, 5.74) is 0. The Bertz CT molecular complexity index is 693. The predicted octanol–water partition coefficient (Wildman–Crippen LogP) is 2.67. The number of likely N-dealkylation sites (N-methyl/N-ethyl adjacent to an activating group) is 1. The molecule has 1 atom stereocenters. The average Bonchev–Trinajstić information content (AvgIpc) is 2.80. The fourth-order valence-electron chi connectivity index (χ4n) is 2.14. The predicted molar refractivity (Wildman–Crippen MR) is 86.8 cm³/mol. The van der Waals surface area contributed by atoms with Crippen LogP contribution in [0.4, 0.5) is 0 Å². The smallest absolute Gasteiger partial charge is 0.260 e. The molecule has 1 heterocycles. The van der Waals surface area contributed by atoms with Gasteiger partial charge in [-0.15, -0.1) is 0 Å². The lowest BCUT2D eigenvalue weighted by molar-refractivity contribution is -0.133. The van der Waals surface area contributed by atoms with Gasteiger partial charge in [0.2, 0.25) is 0 Å². The molecule has 0 radical (unpaired) electrons. The molecule has 1 amide bonds. The Labute approximate surface area is 144 Å². The molecular formula is C13H14Cl3NO4S. The number of rotatable bonds is 4. The van der Waals surface area contributed by atoms with E-state index in [1.165, 1.54) is 17.0 Å². The fourth-order valence-corrected chi connectivity index (χ4v) is 4.51. The molecule has 1 aliphatic heterocycles. The third-order valence-corrected chi connectivity index (χ3v) is 6.24. The molecule has 0 saturated carbocycles. The van der Waals surface area contributed by atoms with Crippen molar-refractivity contribution >= 4 is 50.5 Å². The number of hydrogen-bond donors (Lipinski definition) is 0. The first-order valence-corrected chi connectivity index (χ1v) is 9.38. The van der Waals surface area contributed by atoms with Crippen LogP contribution in [0.2, 0.25) is 15.1 Å². The standard InChI is InChI=1S/C13H14Cl3NO4S/c1-17(8-2-3-22(19,20)7-8)13(18)6-21-12-5-10(15)9(14)4-11(12)16/h4-5,8H,2-3,6-7H2,1H3/t8-/m1/s1. The Kier molecular flexibility index (Phi) is 5.48. The molecule has 2 rings (SSSR count). The lowest BCUT2D eigenvalue weighted by Gasteiger charge is -2.23. The molecule has 1 fully saturated rings. The van der Waals surface area contributed by atoms with Gasteiger partial charge in [-0.05, 0) is 12.5 Å². The summed E-state index contributed by atoms with van der Waals surface area (Å²) in [5.74, 6) is 0.0125. The minimum absolute atomic E-state index is 0.0111. The van der Waals surface area contributed by atoms with Crippen molar-refractivity contribution in [1.82, 2.24) is 4.90 Å². The van der Waals surface area contributed by atoms with Crippen molar-refractivity contribution in [2.75, 3.05) is 25.2 Å². The molecule has 122 valence electrons. The molecule has 0 spiro atoms. The zero-order valence-corrected chi connectivity index (χ0v) is 14.8. The van der Waals surface area contributed by atoms with E-state index in [-0.39, 0.29) is 45.9 Å². The number of amides is 1. The van der Waals surface area contributed by atoms with E-state index >= 15 is 0 Å². The first-order valence-electron chi connectivity index (χ1n) is 6.43. The fraction of sp³-hybridized carbons (Fsp3) is 0.462. The van der Waals surface area contributed by atoms with Crippen molar-refractivity contribution < 1.29 is 17.9 Å². The monoisotopic (exact) mass is 385 g/mol. The highest BCUT2D eigenvalue weighted by Gasteiger charge is 2.32. The molecule has 22 heavy (non-hydrogen) atoms. The van der Waals surface area contributed by atoms with E-state index in [4.69, 9.17) is 39.5 Å². The van der Waals surface area contributed by atoms with Gasteiger partial charge in [0.15, 0.2) is 16.4 Å². The second-order valence-electron chi connectivity index (χ2n) is 5.05. The first kappa shape index (κ1) is 17.7. The Balaban J connectivity index is 1.97. The maximum Gasteiger partial charge on any atom is 0.260 e. The Morgan fingerprint density at radius 2 is 1.91 bits per heavy atom. The first-order chi connectivity index (χ1) is 10.2. The van der Waals surface area contributed by atoms with Gasteiger partial charge >= 0.3 is 0 Å². The van der Waals surface area contributed by atoms with Crippen molar-refractivity contribution in [2.45, 2.75) is 12.5 Å². The summed E-state index contributed by atoms with van der Waals surface area (Å²) < 4.78 is 28.2. The van der Waals surface area contributed by atoms with Gasteiger partial charge in [-0.1, -0.05) is 34.8 Å². The molecule has 9 heteroatoms. The SMILES string of the molecule is CN(C(=O)COc1cc(Cl)c(Cl)cc1Cl)[C@@H]1CCS(=O)(=O)C1. The van der Waals surface area contributed by atoms with Crippen LogP contribution in [0, 0.1) is 0 Å². The number of halogens is 3. The highest BCUT2D eigenvalue weighted by Crippen LogP contribution is 2.33. The van der Waals surface area contributed by atoms with E-state index in [1.54, 1.807) is 7.05 Å². The summed E-state index contributed by atoms with van der Waals surface area (Å²) in [6.45, 7) is -0.259. The second-order valence-corrected chi connectivity index (χ2v) is 8.50. The van der Waals surface area contributed by atoms with Crippen molar-refractivity contribution in [3.63, 3.8) is 0 Å². The molecular weight excluding hydrogens is 373 g/mol. The maximum atomic E-state index is 12.1.